The van der Waals surface area contributed by atoms with E-state index in [0.29, 0.717) is 5.75 Å². The topological polar surface area (TPSA) is 42.9 Å². The number of rotatable bonds is 0. The normalized spacial score (nSPS) is 15.0. The van der Waals surface area contributed by atoms with Crippen molar-refractivity contribution in [2.45, 2.75) is 18.9 Å². The Balaban J connectivity index is 2.71. The van der Waals surface area contributed by atoms with Crippen LogP contribution in [0.15, 0.2) is 5.03 Å². The maximum Gasteiger partial charge on any atom is 0.176 e. The summed E-state index contributed by atoms with van der Waals surface area (Å²) in [6, 6.07) is 0. The van der Waals surface area contributed by atoms with Gasteiger partial charge in [0.05, 0.1) is 17.0 Å². The minimum absolute atomic E-state index is 0.186. The van der Waals surface area contributed by atoms with Gasteiger partial charge in [-0.05, 0) is 19.4 Å². The minimum atomic E-state index is 0.186. The Morgan fingerprint density at radius 1 is 1.33 bits per heavy atom. The van der Waals surface area contributed by atoms with Gasteiger partial charge in [0, 0.05) is 0 Å². The van der Waals surface area contributed by atoms with E-state index in [1.807, 2.05) is 13.8 Å². The molecule has 0 unspecified atom stereocenters. The van der Waals surface area contributed by atoms with Crippen LogP contribution in [-0.4, -0.2) is 21.7 Å². The first-order valence-corrected chi connectivity index (χ1v) is 4.68. The lowest BCUT2D eigenvalue weighted by atomic mass is 10.1. The quantitative estimate of drug-likeness (QED) is 0.605. The van der Waals surface area contributed by atoms with Crippen molar-refractivity contribution in [2.24, 2.45) is 0 Å². The van der Waals surface area contributed by atoms with E-state index in [2.05, 4.69) is 10.2 Å². The third-order valence-electron chi connectivity index (χ3n) is 2.04. The molecule has 0 fully saturated rings. The number of ketones is 1. The number of nitrogens with zero attached hydrogens (tertiary/aromatic N) is 2. The van der Waals surface area contributed by atoms with Crippen molar-refractivity contribution >= 4 is 17.5 Å². The molecule has 2 heterocycles. The van der Waals surface area contributed by atoms with Gasteiger partial charge in [-0.1, -0.05) is 11.8 Å². The Hall–Kier alpha value is -0.900. The lowest BCUT2D eigenvalue weighted by molar-refractivity contribution is 0.102. The number of aryl methyl sites for hydroxylation is 1. The summed E-state index contributed by atoms with van der Waals surface area (Å²) in [6.45, 7) is 3.80. The Morgan fingerprint density at radius 2 is 2.08 bits per heavy atom. The van der Waals surface area contributed by atoms with E-state index in [1.165, 1.54) is 11.8 Å². The molecule has 2 rings (SSSR count). The fraction of sp³-hybridized carbons (Fsp3) is 0.375. The van der Waals surface area contributed by atoms with E-state index in [4.69, 9.17) is 0 Å². The van der Waals surface area contributed by atoms with E-state index >= 15 is 0 Å². The number of carbonyl (C=O) groups is 1. The van der Waals surface area contributed by atoms with Crippen LogP contribution in [0.25, 0.3) is 0 Å². The predicted molar refractivity (Wildman–Crippen MR) is 46.6 cm³/mol. The molecule has 0 bridgehead atoms. The van der Waals surface area contributed by atoms with Crippen LogP contribution in [0.2, 0.25) is 0 Å². The van der Waals surface area contributed by atoms with Crippen LogP contribution >= 0.6 is 11.8 Å². The van der Waals surface area contributed by atoms with Crippen molar-refractivity contribution in [2.75, 3.05) is 5.75 Å². The van der Waals surface area contributed by atoms with E-state index in [9.17, 15) is 4.79 Å². The van der Waals surface area contributed by atoms with E-state index in [1.54, 1.807) is 0 Å². The third-order valence-corrected chi connectivity index (χ3v) is 3.01. The van der Waals surface area contributed by atoms with Crippen LogP contribution in [-0.2, 0) is 0 Å². The summed E-state index contributed by atoms with van der Waals surface area (Å²) in [7, 11) is 0. The molecule has 62 valence electrons. The summed E-state index contributed by atoms with van der Waals surface area (Å²) in [6.07, 6.45) is 0. The Morgan fingerprint density at radius 3 is 2.83 bits per heavy atom. The summed E-state index contributed by atoms with van der Waals surface area (Å²) in [5.41, 5.74) is 2.62. The zero-order valence-corrected chi connectivity index (χ0v) is 7.73. The highest BCUT2D eigenvalue weighted by Crippen LogP contribution is 2.31. The molecule has 3 nitrogen and oxygen atoms in total. The molecule has 1 aliphatic rings. The molecule has 0 amide bonds. The van der Waals surface area contributed by atoms with Gasteiger partial charge in [-0.25, -0.2) is 0 Å². The first kappa shape index (κ1) is 7.73. The summed E-state index contributed by atoms with van der Waals surface area (Å²) < 4.78 is 0. The van der Waals surface area contributed by atoms with Crippen molar-refractivity contribution in [3.8, 4) is 0 Å². The van der Waals surface area contributed by atoms with Gasteiger partial charge in [0.25, 0.3) is 0 Å². The molecule has 12 heavy (non-hydrogen) atoms. The van der Waals surface area contributed by atoms with Crippen molar-refractivity contribution in [1.29, 1.82) is 0 Å². The maximum atomic E-state index is 11.3. The molecular weight excluding hydrogens is 172 g/mol. The van der Waals surface area contributed by atoms with Gasteiger partial charge in [0.2, 0.25) is 0 Å². The molecule has 1 aromatic rings. The zero-order chi connectivity index (χ0) is 8.72. The SMILES string of the molecule is Cc1nnc2c(c1C)C(=O)CS2. The highest BCUT2D eigenvalue weighted by Gasteiger charge is 2.24. The number of aromatic nitrogens is 2. The lowest BCUT2D eigenvalue weighted by Gasteiger charge is -2.01. The third kappa shape index (κ3) is 0.948. The molecule has 1 aromatic heterocycles. The molecule has 0 saturated carbocycles. The predicted octanol–water partition coefficient (Wildman–Crippen LogP) is 1.38. The van der Waals surface area contributed by atoms with Gasteiger partial charge in [-0.3, -0.25) is 4.79 Å². The second-order valence-corrected chi connectivity index (χ2v) is 3.77. The lowest BCUT2D eigenvalue weighted by Crippen LogP contribution is -2.03. The number of carbonyl (C=O) groups excluding carboxylic acids is 1. The number of Topliss-reactive ketones (excluding diaryl/α,β-unsaturated/α-hetero) is 1. The number of fused-ring (bicyclic) bond motifs is 1. The van der Waals surface area contributed by atoms with Crippen LogP contribution in [0.1, 0.15) is 21.6 Å². The molecule has 0 spiro atoms. The van der Waals surface area contributed by atoms with Gasteiger partial charge >= 0.3 is 0 Å². The van der Waals surface area contributed by atoms with Crippen molar-refractivity contribution < 1.29 is 4.79 Å². The summed E-state index contributed by atoms with van der Waals surface area (Å²) >= 11 is 1.48. The maximum absolute atomic E-state index is 11.3. The molecule has 0 atom stereocenters. The van der Waals surface area contributed by atoms with E-state index < -0.39 is 0 Å². The van der Waals surface area contributed by atoms with Crippen LogP contribution in [0.5, 0.6) is 0 Å². The molecule has 0 saturated heterocycles. The molecule has 4 heteroatoms. The fourth-order valence-corrected chi connectivity index (χ4v) is 2.14. The standard InChI is InChI=1S/C8H8N2OS/c1-4-5(2)9-10-8-7(4)6(11)3-12-8/h3H2,1-2H3. The highest BCUT2D eigenvalue weighted by molar-refractivity contribution is 8.00. The Bertz CT molecular complexity index is 362. The van der Waals surface area contributed by atoms with Gasteiger partial charge in [-0.2, -0.15) is 5.10 Å². The second kappa shape index (κ2) is 2.55. The van der Waals surface area contributed by atoms with Crippen molar-refractivity contribution in [3.63, 3.8) is 0 Å². The number of hydrogen-bond acceptors (Lipinski definition) is 4. The molecule has 1 aliphatic heterocycles. The van der Waals surface area contributed by atoms with Crippen LogP contribution in [0, 0.1) is 13.8 Å². The molecule has 0 aliphatic carbocycles. The average molecular weight is 180 g/mol. The smallest absolute Gasteiger partial charge is 0.176 e. The van der Waals surface area contributed by atoms with Crippen LogP contribution in [0.4, 0.5) is 0 Å². The van der Waals surface area contributed by atoms with Gasteiger partial charge in [0.1, 0.15) is 5.03 Å². The first-order chi connectivity index (χ1) is 5.70. The number of hydrogen-bond donors (Lipinski definition) is 0. The zero-order valence-electron chi connectivity index (χ0n) is 6.92. The molecule has 0 N–H and O–H groups in total. The monoisotopic (exact) mass is 180 g/mol. The van der Waals surface area contributed by atoms with Gasteiger partial charge < -0.3 is 0 Å². The van der Waals surface area contributed by atoms with Crippen molar-refractivity contribution in [3.05, 3.63) is 16.8 Å². The fourth-order valence-electron chi connectivity index (χ4n) is 1.22. The minimum Gasteiger partial charge on any atom is -0.293 e. The highest BCUT2D eigenvalue weighted by atomic mass is 32.2. The summed E-state index contributed by atoms with van der Waals surface area (Å²) in [5.74, 6) is 0.708. The second-order valence-electron chi connectivity index (χ2n) is 2.80. The molecule has 0 aromatic carbocycles. The van der Waals surface area contributed by atoms with Crippen LogP contribution < -0.4 is 0 Å². The Labute approximate surface area is 74.6 Å². The van der Waals surface area contributed by atoms with Gasteiger partial charge in [-0.15, -0.1) is 5.10 Å². The van der Waals surface area contributed by atoms with Gasteiger partial charge in [0.15, 0.2) is 5.78 Å². The first-order valence-electron chi connectivity index (χ1n) is 3.70. The summed E-state index contributed by atoms with van der Waals surface area (Å²) in [5, 5.41) is 8.72. The molecule has 0 radical (unpaired) electrons. The van der Waals surface area contributed by atoms with E-state index in [0.717, 1.165) is 21.8 Å². The largest absolute Gasteiger partial charge is 0.293 e. The number of thioether (sulfide) groups is 1. The molecular formula is C8H8N2OS. The van der Waals surface area contributed by atoms with E-state index in [-0.39, 0.29) is 5.78 Å². The van der Waals surface area contributed by atoms with Crippen LogP contribution in [0.3, 0.4) is 0 Å². The van der Waals surface area contributed by atoms with Crippen molar-refractivity contribution in [1.82, 2.24) is 10.2 Å². The average Bonchev–Trinajstić information content (AvgIpc) is 2.41. The summed E-state index contributed by atoms with van der Waals surface area (Å²) in [4.78, 5) is 11.3. The Kier molecular flexibility index (Phi) is 1.65.